The predicted octanol–water partition coefficient (Wildman–Crippen LogP) is 1.47. The van der Waals surface area contributed by atoms with Gasteiger partial charge in [-0.2, -0.15) is 13.2 Å². The van der Waals surface area contributed by atoms with E-state index in [2.05, 4.69) is 0 Å². The number of carbonyl (C=O) groups is 1. The van der Waals surface area contributed by atoms with Crippen LogP contribution in [0.25, 0.3) is 0 Å². The summed E-state index contributed by atoms with van der Waals surface area (Å²) >= 11 is 0.491. The summed E-state index contributed by atoms with van der Waals surface area (Å²) in [7, 11) is 0. The minimum atomic E-state index is -4.31. The van der Waals surface area contributed by atoms with Gasteiger partial charge in [0.1, 0.15) is 6.04 Å². The molecule has 0 amide bonds. The van der Waals surface area contributed by atoms with E-state index >= 15 is 0 Å². The van der Waals surface area contributed by atoms with Crippen LogP contribution in [0.4, 0.5) is 13.2 Å². The number of carboxylic acids is 1. The molecule has 0 unspecified atom stereocenters. The van der Waals surface area contributed by atoms with Gasteiger partial charge in [-0.05, 0) is 13.8 Å². The first-order chi connectivity index (χ1) is 6.06. The van der Waals surface area contributed by atoms with Crippen molar-refractivity contribution < 1.29 is 23.1 Å². The van der Waals surface area contributed by atoms with Crippen molar-refractivity contribution in [3.63, 3.8) is 0 Å². The molecule has 0 saturated carbocycles. The minimum absolute atomic E-state index is 0.491. The Labute approximate surface area is 83.8 Å². The van der Waals surface area contributed by atoms with Gasteiger partial charge in [0.2, 0.25) is 0 Å². The summed E-state index contributed by atoms with van der Waals surface area (Å²) in [5, 5.41) is 8.53. The Morgan fingerprint density at radius 2 is 1.93 bits per heavy atom. The van der Waals surface area contributed by atoms with Crippen LogP contribution in [0, 0.1) is 0 Å². The molecule has 0 rings (SSSR count). The zero-order chi connectivity index (χ0) is 11.6. The van der Waals surface area contributed by atoms with Crippen LogP contribution in [-0.4, -0.2) is 33.8 Å². The molecule has 0 radical (unpaired) electrons. The van der Waals surface area contributed by atoms with E-state index < -0.39 is 28.7 Å². The number of hydrogen-bond donors (Lipinski definition) is 2. The molecule has 0 aliphatic rings. The second kappa shape index (κ2) is 4.39. The highest BCUT2D eigenvalue weighted by Gasteiger charge is 2.37. The molecule has 0 aromatic rings. The molecule has 0 bridgehead atoms. The number of alkyl halides is 3. The molecule has 0 aliphatic heterocycles. The SMILES string of the molecule is CC(C)(SCC(F)(F)F)[C@H](N)C(=O)O. The molecule has 14 heavy (non-hydrogen) atoms. The van der Waals surface area contributed by atoms with Crippen molar-refractivity contribution in [1.29, 1.82) is 0 Å². The Bertz CT molecular complexity index is 217. The number of rotatable bonds is 4. The van der Waals surface area contributed by atoms with Crippen molar-refractivity contribution in [1.82, 2.24) is 0 Å². The summed E-state index contributed by atoms with van der Waals surface area (Å²) in [4.78, 5) is 10.5. The van der Waals surface area contributed by atoms with Crippen LogP contribution in [-0.2, 0) is 4.79 Å². The molecule has 0 aromatic heterocycles. The summed E-state index contributed by atoms with van der Waals surface area (Å²) in [6, 6.07) is -1.31. The number of hydrogen-bond acceptors (Lipinski definition) is 3. The van der Waals surface area contributed by atoms with Crippen LogP contribution in [0.2, 0.25) is 0 Å². The fourth-order valence-corrected chi connectivity index (χ4v) is 1.47. The quantitative estimate of drug-likeness (QED) is 0.769. The molecule has 7 heteroatoms. The fourth-order valence-electron chi connectivity index (χ4n) is 0.655. The molecule has 0 spiro atoms. The van der Waals surface area contributed by atoms with E-state index in [0.29, 0.717) is 11.8 Å². The van der Waals surface area contributed by atoms with Gasteiger partial charge in [-0.3, -0.25) is 4.79 Å². The zero-order valence-corrected chi connectivity index (χ0v) is 8.58. The Morgan fingerprint density at radius 1 is 1.50 bits per heavy atom. The van der Waals surface area contributed by atoms with Gasteiger partial charge in [-0.1, -0.05) is 0 Å². The molecule has 0 heterocycles. The summed E-state index contributed by atoms with van der Waals surface area (Å²) in [5.41, 5.74) is 5.24. The van der Waals surface area contributed by atoms with Crippen LogP contribution in [0.15, 0.2) is 0 Å². The van der Waals surface area contributed by atoms with Gasteiger partial charge in [0.05, 0.1) is 5.75 Å². The molecule has 0 saturated heterocycles. The van der Waals surface area contributed by atoms with Crippen LogP contribution >= 0.6 is 11.8 Å². The Kier molecular flexibility index (Phi) is 4.26. The van der Waals surface area contributed by atoms with E-state index in [9.17, 15) is 18.0 Å². The van der Waals surface area contributed by atoms with Crippen molar-refractivity contribution in [2.45, 2.75) is 30.8 Å². The van der Waals surface area contributed by atoms with Gasteiger partial charge in [0.25, 0.3) is 0 Å². The van der Waals surface area contributed by atoms with E-state index in [1.165, 1.54) is 13.8 Å². The number of thioether (sulfide) groups is 1. The molecule has 0 fully saturated rings. The van der Waals surface area contributed by atoms with Crippen molar-refractivity contribution >= 4 is 17.7 Å². The Hall–Kier alpha value is -0.430. The topological polar surface area (TPSA) is 63.3 Å². The highest BCUT2D eigenvalue weighted by atomic mass is 32.2. The van der Waals surface area contributed by atoms with Crippen LogP contribution in [0.1, 0.15) is 13.8 Å². The largest absolute Gasteiger partial charge is 0.480 e. The van der Waals surface area contributed by atoms with Gasteiger partial charge in [0, 0.05) is 4.75 Å². The maximum atomic E-state index is 11.8. The summed E-state index contributed by atoms with van der Waals surface area (Å²) in [6.07, 6.45) is -4.31. The lowest BCUT2D eigenvalue weighted by atomic mass is 10.1. The Morgan fingerprint density at radius 3 is 2.21 bits per heavy atom. The second-order valence-electron chi connectivity index (χ2n) is 3.32. The number of carboxylic acid groups (broad SMARTS) is 1. The van der Waals surface area contributed by atoms with Crippen molar-refractivity contribution in [2.75, 3.05) is 5.75 Å². The highest BCUT2D eigenvalue weighted by Crippen LogP contribution is 2.32. The van der Waals surface area contributed by atoms with E-state index in [-0.39, 0.29) is 0 Å². The van der Waals surface area contributed by atoms with E-state index in [4.69, 9.17) is 10.8 Å². The molecule has 0 aromatic carbocycles. The van der Waals surface area contributed by atoms with Crippen molar-refractivity contribution in [2.24, 2.45) is 5.73 Å². The number of halogens is 3. The molecule has 3 N–H and O–H groups in total. The van der Waals surface area contributed by atoms with E-state index in [1.54, 1.807) is 0 Å². The summed E-state index contributed by atoms with van der Waals surface area (Å²) < 4.78 is 34.4. The average Bonchev–Trinajstić information content (AvgIpc) is 1.98. The zero-order valence-electron chi connectivity index (χ0n) is 7.76. The van der Waals surface area contributed by atoms with E-state index in [1.807, 2.05) is 0 Å². The molecular weight excluding hydrogens is 219 g/mol. The van der Waals surface area contributed by atoms with Gasteiger partial charge < -0.3 is 10.8 Å². The van der Waals surface area contributed by atoms with Gasteiger partial charge in [-0.15, -0.1) is 11.8 Å². The molecule has 1 atom stereocenters. The predicted molar refractivity (Wildman–Crippen MR) is 48.2 cm³/mol. The maximum Gasteiger partial charge on any atom is 0.397 e. The van der Waals surface area contributed by atoms with Gasteiger partial charge in [-0.25, -0.2) is 0 Å². The molecule has 0 aliphatic carbocycles. The van der Waals surface area contributed by atoms with Crippen LogP contribution in [0.3, 0.4) is 0 Å². The molecule has 3 nitrogen and oxygen atoms in total. The lowest BCUT2D eigenvalue weighted by Gasteiger charge is -2.28. The third-order valence-corrected chi connectivity index (χ3v) is 3.09. The average molecular weight is 231 g/mol. The van der Waals surface area contributed by atoms with Gasteiger partial charge in [0.15, 0.2) is 0 Å². The minimum Gasteiger partial charge on any atom is -0.480 e. The summed E-state index contributed by atoms with van der Waals surface area (Å²) in [6.45, 7) is 2.75. The standard InChI is InChI=1S/C7H12F3NO2S/c1-6(2,4(11)5(12)13)14-3-7(8,9)10/h4H,3,11H2,1-2H3,(H,12,13)/t4-/m1/s1. The fraction of sp³-hybridized carbons (Fsp3) is 0.857. The second-order valence-corrected chi connectivity index (χ2v) is 4.95. The van der Waals surface area contributed by atoms with Crippen LogP contribution in [0.5, 0.6) is 0 Å². The molecular formula is C7H12F3NO2S. The van der Waals surface area contributed by atoms with Gasteiger partial charge >= 0.3 is 12.1 Å². The lowest BCUT2D eigenvalue weighted by Crippen LogP contribution is -2.47. The monoisotopic (exact) mass is 231 g/mol. The van der Waals surface area contributed by atoms with Crippen molar-refractivity contribution in [3.8, 4) is 0 Å². The third kappa shape index (κ3) is 4.71. The first-order valence-electron chi connectivity index (χ1n) is 3.75. The third-order valence-electron chi connectivity index (χ3n) is 1.62. The van der Waals surface area contributed by atoms with Crippen molar-refractivity contribution in [3.05, 3.63) is 0 Å². The normalized spacial score (nSPS) is 15.3. The lowest BCUT2D eigenvalue weighted by molar-refractivity contribution is -0.139. The Balaban J connectivity index is 4.27. The van der Waals surface area contributed by atoms with E-state index in [0.717, 1.165) is 0 Å². The first-order valence-corrected chi connectivity index (χ1v) is 4.74. The molecule has 84 valence electrons. The first kappa shape index (κ1) is 13.6. The number of nitrogens with two attached hydrogens (primary N) is 1. The highest BCUT2D eigenvalue weighted by molar-refractivity contribution is 8.00. The number of aliphatic carboxylic acids is 1. The smallest absolute Gasteiger partial charge is 0.397 e. The summed E-state index contributed by atoms with van der Waals surface area (Å²) in [5.74, 6) is -2.40. The van der Waals surface area contributed by atoms with Crippen LogP contribution < -0.4 is 5.73 Å². The maximum absolute atomic E-state index is 11.8.